The van der Waals surface area contributed by atoms with Crippen molar-refractivity contribution in [3.05, 3.63) is 221 Å². The molecule has 0 saturated heterocycles. The first-order valence-electron chi connectivity index (χ1n) is 21.3. The van der Waals surface area contributed by atoms with Gasteiger partial charge in [0.15, 0.2) is 0 Å². The molecule has 1 aliphatic carbocycles. The van der Waals surface area contributed by atoms with E-state index in [1.165, 1.54) is 65.9 Å². The lowest BCUT2D eigenvalue weighted by atomic mass is 9.75. The summed E-state index contributed by atoms with van der Waals surface area (Å²) in [5, 5.41) is 3.16. The quantitative estimate of drug-likeness (QED) is 0.159. The fraction of sp³-hybridized carbons (Fsp3) is 0.105. The molecule has 0 radical (unpaired) electrons. The minimum atomic E-state index is 0.404. The molecule has 1 atom stereocenters. The van der Waals surface area contributed by atoms with E-state index >= 15 is 0 Å². The zero-order valence-corrected chi connectivity index (χ0v) is 35.3. The van der Waals surface area contributed by atoms with Gasteiger partial charge in [0.05, 0.1) is 27.8 Å². The Morgan fingerprint density at radius 3 is 2.23 bits per heavy atom. The first-order valence-corrected chi connectivity index (χ1v) is 22.5. The maximum absolute atomic E-state index is 7.02. The van der Waals surface area contributed by atoms with Crippen molar-refractivity contribution in [3.8, 4) is 22.3 Å². The summed E-state index contributed by atoms with van der Waals surface area (Å²) < 4.78 is 0. The molecule has 294 valence electrons. The van der Waals surface area contributed by atoms with E-state index in [1.807, 2.05) is 6.07 Å². The molecule has 0 fully saturated rings. The van der Waals surface area contributed by atoms with Gasteiger partial charge in [0.1, 0.15) is 0 Å². The van der Waals surface area contributed by atoms with Crippen molar-refractivity contribution in [2.75, 3.05) is 4.90 Å². The van der Waals surface area contributed by atoms with Crippen LogP contribution in [0.1, 0.15) is 53.9 Å². The van der Waals surface area contributed by atoms with Crippen molar-refractivity contribution in [2.24, 2.45) is 4.99 Å². The van der Waals surface area contributed by atoms with Crippen molar-refractivity contribution in [3.63, 3.8) is 0 Å². The molecule has 0 bridgehead atoms. The van der Waals surface area contributed by atoms with E-state index in [-0.39, 0.29) is 0 Å². The molecule has 11 rings (SSSR count). The van der Waals surface area contributed by atoms with E-state index in [9.17, 15) is 0 Å². The Bertz CT molecular complexity index is 3050. The second-order valence-corrected chi connectivity index (χ2v) is 17.7. The van der Waals surface area contributed by atoms with Crippen LogP contribution < -0.4 is 4.90 Å². The maximum Gasteiger partial charge on any atom is 0.0788 e. The Morgan fingerprint density at radius 2 is 1.34 bits per heavy atom. The van der Waals surface area contributed by atoms with Crippen molar-refractivity contribution in [2.45, 2.75) is 47.8 Å². The molecule has 8 aromatic carbocycles. The Kier molecular flexibility index (Phi) is 10.0. The van der Waals surface area contributed by atoms with Gasteiger partial charge in [-0.25, -0.2) is 0 Å². The number of nitrogens with zero attached hydrogens (tertiary/aromatic N) is 2. The van der Waals surface area contributed by atoms with Gasteiger partial charge in [-0.15, -0.1) is 0 Å². The van der Waals surface area contributed by atoms with Gasteiger partial charge in [0, 0.05) is 26.5 Å². The predicted molar refractivity (Wildman–Crippen MR) is 260 cm³/mol. The first kappa shape index (κ1) is 37.6. The lowest BCUT2D eigenvalue weighted by molar-refractivity contribution is 0.629. The highest BCUT2D eigenvalue weighted by Crippen LogP contribution is 2.55. The van der Waals surface area contributed by atoms with E-state index < -0.39 is 0 Å². The van der Waals surface area contributed by atoms with Gasteiger partial charge >= 0.3 is 0 Å². The van der Waals surface area contributed by atoms with E-state index in [2.05, 4.69) is 193 Å². The van der Waals surface area contributed by atoms with Crippen LogP contribution in [-0.2, 0) is 6.42 Å². The van der Waals surface area contributed by atoms with Crippen molar-refractivity contribution < 1.29 is 0 Å². The molecule has 0 aromatic heterocycles. The van der Waals surface area contributed by atoms with Crippen LogP contribution in [0.15, 0.2) is 209 Å². The number of benzene rings is 8. The zero-order chi connectivity index (χ0) is 40.7. The normalized spacial score (nSPS) is 17.3. The summed E-state index contributed by atoms with van der Waals surface area (Å²) in [4.78, 5) is 10.2. The van der Waals surface area contributed by atoms with Crippen molar-refractivity contribution >= 4 is 68.2 Å². The molecule has 0 N–H and O–H groups in total. The molecule has 8 aromatic rings. The van der Waals surface area contributed by atoms with Crippen LogP contribution in [0.4, 0.5) is 17.1 Å². The minimum absolute atomic E-state index is 0.404. The number of allylic oxidation sites excluding steroid dienone is 3. The summed E-state index contributed by atoms with van der Waals surface area (Å²) in [5.41, 5.74) is 17.3. The first-order chi connectivity index (χ1) is 30.1. The molecule has 2 heterocycles. The molecular formula is C57H43ClN2S. The third-order valence-corrected chi connectivity index (χ3v) is 13.9. The van der Waals surface area contributed by atoms with Gasteiger partial charge in [-0.1, -0.05) is 175 Å². The Labute approximate surface area is 367 Å². The van der Waals surface area contributed by atoms with Gasteiger partial charge in [-0.05, 0) is 130 Å². The standard InChI is InChI=1S/C57H43ClN2S/c58-51-25-13-27-55-57(51)60(53-26-12-20-39-16-7-10-24-49(39)53)54-33-30-43(37-56(54)61-55)42-29-32-48-45(34-44-19-8-9-23-47(44)50(48)35-42)28-31-46-22-11-21-41(38-14-3-1-4-15-38)36-52(59-46)40-17-5-2-6-18-40/h1-10,12-21,23-27,29-30,32-33,35-37,45H,11,22,28,31,34H2/b41-21+,52-36-,59-46?. The van der Waals surface area contributed by atoms with Crippen LogP contribution in [0.3, 0.4) is 0 Å². The number of rotatable bonds is 7. The van der Waals surface area contributed by atoms with Crippen molar-refractivity contribution in [1.29, 1.82) is 0 Å². The van der Waals surface area contributed by atoms with Crippen LogP contribution in [0.25, 0.3) is 44.3 Å². The number of halogens is 1. The zero-order valence-electron chi connectivity index (χ0n) is 33.8. The minimum Gasteiger partial charge on any atom is -0.306 e. The van der Waals surface area contributed by atoms with Gasteiger partial charge in [0.25, 0.3) is 0 Å². The molecule has 1 unspecified atom stereocenters. The van der Waals surface area contributed by atoms with E-state index in [1.54, 1.807) is 11.8 Å². The van der Waals surface area contributed by atoms with Crippen molar-refractivity contribution in [1.82, 2.24) is 0 Å². The summed E-state index contributed by atoms with van der Waals surface area (Å²) in [6, 6.07) is 65.9. The second-order valence-electron chi connectivity index (χ2n) is 16.2. The van der Waals surface area contributed by atoms with Gasteiger partial charge in [-0.3, -0.25) is 4.99 Å². The lowest BCUT2D eigenvalue weighted by Crippen LogP contribution is -2.16. The molecular weight excluding hydrogens is 780 g/mol. The van der Waals surface area contributed by atoms with Gasteiger partial charge in [-0.2, -0.15) is 0 Å². The SMILES string of the molecule is Clc1cccc2c1N(c1cccc3ccccc13)c1ccc(-c3ccc4c(c3)-c3ccccc3CC4CCC3=N/C(c4ccccc4)=C\C(c4ccccc4)=C/CC3)cc1S2. The average Bonchev–Trinajstić information content (AvgIpc) is 3.30. The maximum atomic E-state index is 7.02. The van der Waals surface area contributed by atoms with E-state index in [0.29, 0.717) is 5.92 Å². The number of para-hydroxylation sites is 1. The molecule has 61 heavy (non-hydrogen) atoms. The second kappa shape index (κ2) is 16.2. The topological polar surface area (TPSA) is 15.6 Å². The largest absolute Gasteiger partial charge is 0.306 e. The highest BCUT2D eigenvalue weighted by Gasteiger charge is 2.30. The smallest absolute Gasteiger partial charge is 0.0788 e. The summed E-state index contributed by atoms with van der Waals surface area (Å²) in [5.74, 6) is 0.404. The third kappa shape index (κ3) is 7.22. The lowest BCUT2D eigenvalue weighted by Gasteiger charge is -2.34. The van der Waals surface area contributed by atoms with Crippen LogP contribution >= 0.6 is 23.4 Å². The van der Waals surface area contributed by atoms with Crippen LogP contribution in [0, 0.1) is 0 Å². The fourth-order valence-electron chi connectivity index (χ4n) is 9.54. The summed E-state index contributed by atoms with van der Waals surface area (Å²) in [7, 11) is 0. The van der Waals surface area contributed by atoms with Crippen LogP contribution in [0.5, 0.6) is 0 Å². The summed E-state index contributed by atoms with van der Waals surface area (Å²) in [6.45, 7) is 0. The van der Waals surface area contributed by atoms with Gasteiger partial charge in [0.2, 0.25) is 0 Å². The Balaban J connectivity index is 0.927. The summed E-state index contributed by atoms with van der Waals surface area (Å²) >= 11 is 8.83. The number of hydrogen-bond donors (Lipinski definition) is 0. The Morgan fingerprint density at radius 1 is 0.607 bits per heavy atom. The third-order valence-electron chi connectivity index (χ3n) is 12.5. The predicted octanol–water partition coefficient (Wildman–Crippen LogP) is 16.5. The average molecular weight is 824 g/mol. The number of hydrogen-bond acceptors (Lipinski definition) is 3. The van der Waals surface area contributed by atoms with Crippen LogP contribution in [-0.4, -0.2) is 5.71 Å². The molecule has 0 saturated carbocycles. The van der Waals surface area contributed by atoms with Gasteiger partial charge < -0.3 is 4.90 Å². The molecule has 2 aliphatic heterocycles. The monoisotopic (exact) mass is 822 g/mol. The summed E-state index contributed by atoms with van der Waals surface area (Å²) in [6.07, 6.45) is 9.68. The number of fused-ring (bicyclic) bond motifs is 6. The molecule has 0 spiro atoms. The molecule has 4 heteroatoms. The van der Waals surface area contributed by atoms with E-state index in [4.69, 9.17) is 16.6 Å². The molecule has 2 nitrogen and oxygen atoms in total. The number of anilines is 3. The van der Waals surface area contributed by atoms with Crippen LogP contribution in [0.2, 0.25) is 5.02 Å². The molecule has 3 aliphatic rings. The highest BCUT2D eigenvalue weighted by atomic mass is 35.5. The molecule has 0 amide bonds. The Hall–Kier alpha value is -6.39. The number of aliphatic imine (C=N–C) groups is 1. The van der Waals surface area contributed by atoms with E-state index in [0.717, 1.165) is 70.3 Å². The highest BCUT2D eigenvalue weighted by molar-refractivity contribution is 7.99. The fourth-order valence-corrected chi connectivity index (χ4v) is 11.0.